The van der Waals surface area contributed by atoms with Crippen molar-refractivity contribution < 1.29 is 128 Å². The number of nitrogens with zero attached hydrogens (tertiary/aromatic N) is 7. The Morgan fingerprint density at radius 3 is 0.927 bits per heavy atom. The van der Waals surface area contributed by atoms with Crippen molar-refractivity contribution >= 4 is 53.2 Å². The summed E-state index contributed by atoms with van der Waals surface area (Å²) in [6.45, 7) is 6.83. The van der Waals surface area contributed by atoms with Crippen molar-refractivity contribution in [2.75, 3.05) is 20.3 Å². The average molecular weight is 1990 g/mol. The van der Waals surface area contributed by atoms with Crippen LogP contribution in [0.25, 0.3) is 0 Å². The second-order valence-corrected chi connectivity index (χ2v) is 41.2. The number of aromatic carboxylic acids is 1. The molecule has 4 N–H and O–H groups in total. The lowest BCUT2D eigenvalue weighted by Gasteiger charge is -2.17. The van der Waals surface area contributed by atoms with E-state index in [2.05, 4.69) is 71.7 Å². The lowest BCUT2D eigenvalue weighted by atomic mass is 9.93. The number of methoxy groups -OCH3 is 1. The number of esters is 2. The fraction of sp³-hybridized carbons (Fsp3) is 0.536. The van der Waals surface area contributed by atoms with Crippen LogP contribution in [0.2, 0.25) is 0 Å². The van der Waals surface area contributed by atoms with Crippen molar-refractivity contribution in [2.24, 2.45) is 65.1 Å². The third-order valence-corrected chi connectivity index (χ3v) is 32.1. The number of halogens is 15. The summed E-state index contributed by atoms with van der Waals surface area (Å²) in [4.78, 5) is 35.8. The predicted octanol–water partition coefficient (Wildman–Crippen LogP) is 24.9. The summed E-state index contributed by atoms with van der Waals surface area (Å²) in [6.07, 6.45) is -2.62. The number of nitrogens with one attached hydrogen (secondary N) is 2. The van der Waals surface area contributed by atoms with E-state index in [4.69, 9.17) is 19.3 Å². The van der Waals surface area contributed by atoms with Gasteiger partial charge in [0.2, 0.25) is 17.1 Å². The van der Waals surface area contributed by atoms with E-state index < -0.39 is 49.7 Å². The standard InChI is InChI=1S/C28H30F3N3O4S.C20H22F3N3O3S.C18H18F3N3O3S.C16H19F3O.C15H17F3O2/c1-3-37-27(35)25-26(34(33-32-25)16-17-4-8-22(36-2)9-5-17)39-24-14-20-12-19(13-21(20)15-24)18-6-10-23(11-7-18)38-28(29,30)31;1-2-28-19(27)17-18(25-26-24-17)30-16-9-13-7-12(8-14(13)10-16)11-3-5-15(6-4-11)29-20(21,22)23;19-18(20,21)27-13-3-1-9(2-4-13)10-5-11-7-14(8-12(11)6-10)28-16-15(17(25)26)22-24-23-16;1-10-6-12-8-14(9-13(12)7-10)11-2-4-15(5-3-11)20-16(17,18)19;16-15(17,18)20-14-3-1-9(2-4-14)10-5-11-7-13(19)8-12(11)6-10/h4-11,19-21,24H,3,12-16H2,1-2H3;3-6,12-14,16H,2,7-10H2,1H3,(H,24,25,26);1-4,10-12,14H,5-8H2,(H,25,26)(H,22,23,24);2-5,10,12-14H,6-9H2,1H3;1-4,10-13,19H,5-8H2/t19?,20-,21+,24?;12?,13-,14+,16?;10?,11-,12+,14?;10?,12-,13+,14?;10?,11-,12+,13?. The van der Waals surface area contributed by atoms with E-state index in [1.54, 1.807) is 110 Å². The Kier molecular flexibility index (Phi) is 32.4. The van der Waals surface area contributed by atoms with E-state index in [1.165, 1.54) is 98.1 Å². The summed E-state index contributed by atoms with van der Waals surface area (Å²) >= 11 is 4.68. The van der Waals surface area contributed by atoms with Crippen LogP contribution in [0.3, 0.4) is 0 Å². The van der Waals surface area contributed by atoms with Crippen molar-refractivity contribution in [3.05, 3.63) is 196 Å². The number of aliphatic hydroxyl groups excluding tert-OH is 1. The highest BCUT2D eigenvalue weighted by Crippen LogP contribution is 2.59. The Balaban J connectivity index is 0.000000133. The molecule has 6 aromatic carbocycles. The number of carboxylic acid groups (broad SMARTS) is 1. The average Bonchev–Trinajstić information content (AvgIpc) is 1.62. The van der Waals surface area contributed by atoms with Crippen molar-refractivity contribution in [1.82, 2.24) is 45.8 Å². The molecule has 10 aliphatic carbocycles. The van der Waals surface area contributed by atoms with Gasteiger partial charge in [0.15, 0.2) is 10.1 Å². The summed E-state index contributed by atoms with van der Waals surface area (Å²) in [5.74, 6) is 6.64. The van der Waals surface area contributed by atoms with Gasteiger partial charge in [-0.3, -0.25) is 0 Å². The number of hydrogen-bond acceptors (Lipinski definition) is 21. The largest absolute Gasteiger partial charge is 0.573 e. The summed E-state index contributed by atoms with van der Waals surface area (Å²) in [5.41, 5.74) is 6.82. The maximum Gasteiger partial charge on any atom is 0.573 e. The molecule has 10 saturated carbocycles. The second kappa shape index (κ2) is 43.7. The maximum absolute atomic E-state index is 12.6. The van der Waals surface area contributed by atoms with Gasteiger partial charge in [0.1, 0.15) is 39.5 Å². The molecule has 9 aromatic rings. The van der Waals surface area contributed by atoms with Crippen LogP contribution in [0.4, 0.5) is 65.9 Å². The maximum atomic E-state index is 12.6. The molecule has 0 spiro atoms. The summed E-state index contributed by atoms with van der Waals surface area (Å²) in [6, 6.07) is 39.0. The SMILES string of the molecule is CC1C[C@@H]2CC(c3ccc(OC(F)(F)F)cc3)C[C@@H]2C1.CCOC(=O)c1n[nH]nc1SC1C[C@@H]2CC(c3ccc(OC(F)(F)F)cc3)C[C@@H]2C1.CCOC(=O)c1nnn(Cc2ccc(OC)cc2)c1SC1C[C@@H]2CC(c3ccc(OC(F)(F)F)cc3)C[C@@H]2C1.O=C(O)c1n[nH]nc1SC1C[C@@H]2CC(c3ccc(OC(F)(F)F)cc3)C[C@@H]2C1.OC1C[C@@H]2CC(c3ccc(OC(F)(F)F)cc3)C[C@@H]2C1. The number of hydrogen-bond donors (Lipinski definition) is 4. The highest BCUT2D eigenvalue weighted by atomic mass is 32.2. The van der Waals surface area contributed by atoms with Crippen molar-refractivity contribution in [2.45, 2.75) is 254 Å². The number of aromatic nitrogens is 9. The lowest BCUT2D eigenvalue weighted by Crippen LogP contribution is -2.17. The Labute approximate surface area is 793 Å². The summed E-state index contributed by atoms with van der Waals surface area (Å²) < 4.78 is 221. The van der Waals surface area contributed by atoms with Gasteiger partial charge in [-0.15, -0.1) is 103 Å². The van der Waals surface area contributed by atoms with Gasteiger partial charge in [-0.25, -0.2) is 19.1 Å². The Hall–Kier alpha value is -10.1. The van der Waals surface area contributed by atoms with Crippen LogP contribution in [0.1, 0.15) is 244 Å². The smallest absolute Gasteiger partial charge is 0.497 e. The molecule has 20 atom stereocenters. The van der Waals surface area contributed by atoms with Gasteiger partial charge in [0, 0.05) is 15.7 Å². The van der Waals surface area contributed by atoms with Gasteiger partial charge >= 0.3 is 49.7 Å². The number of H-pyrrole nitrogens is 2. The molecule has 0 saturated heterocycles. The monoisotopic (exact) mass is 1990 g/mol. The molecule has 740 valence electrons. The molecule has 10 unspecified atom stereocenters. The number of fused-ring (bicyclic) bond motifs is 5. The van der Waals surface area contributed by atoms with Gasteiger partial charge in [0.25, 0.3) is 0 Å². The zero-order chi connectivity index (χ0) is 97.4. The Morgan fingerprint density at radius 2 is 0.635 bits per heavy atom. The molecule has 3 heterocycles. The van der Waals surface area contributed by atoms with Gasteiger partial charge in [0.05, 0.1) is 33.0 Å². The number of aliphatic hydroxyl groups is 1. The fourth-order valence-corrected chi connectivity index (χ4v) is 27.0. The van der Waals surface area contributed by atoms with Gasteiger partial charge in [-0.05, 0) is 343 Å². The predicted molar refractivity (Wildman–Crippen MR) is 474 cm³/mol. The first-order chi connectivity index (χ1) is 65.1. The van der Waals surface area contributed by atoms with E-state index in [0.717, 1.165) is 160 Å². The summed E-state index contributed by atoms with van der Waals surface area (Å²) in [7, 11) is 1.62. The van der Waals surface area contributed by atoms with Crippen LogP contribution in [0, 0.1) is 65.1 Å². The molecule has 10 aliphatic rings. The van der Waals surface area contributed by atoms with Gasteiger partial charge in [-0.1, -0.05) is 108 Å². The number of ether oxygens (including phenoxy) is 8. The molecule has 0 aliphatic heterocycles. The normalized spacial score (nSPS) is 27.3. The first-order valence-corrected chi connectivity index (χ1v) is 48.7. The third-order valence-electron chi connectivity index (χ3n) is 28.3. The van der Waals surface area contributed by atoms with E-state index in [9.17, 15) is 85.3 Å². The van der Waals surface area contributed by atoms with E-state index in [1.807, 2.05) is 24.3 Å². The van der Waals surface area contributed by atoms with Crippen molar-refractivity contribution in [1.29, 1.82) is 0 Å². The number of rotatable bonds is 24. The highest BCUT2D eigenvalue weighted by molar-refractivity contribution is 8.00. The first kappa shape index (κ1) is 101. The molecule has 40 heteroatoms. The van der Waals surface area contributed by atoms with E-state index in [-0.39, 0.29) is 65.1 Å². The van der Waals surface area contributed by atoms with Gasteiger partial charge in [-0.2, -0.15) is 10.4 Å². The third kappa shape index (κ3) is 27.8. The minimum absolute atomic E-state index is 0.0406. The quantitative estimate of drug-likeness (QED) is 0.0323. The van der Waals surface area contributed by atoms with Crippen LogP contribution < -0.4 is 28.4 Å². The topological polar surface area (TPSA) is 279 Å². The van der Waals surface area contributed by atoms with E-state index in [0.29, 0.717) is 114 Å². The number of carbonyl (C=O) groups excluding carboxylic acids is 2. The zero-order valence-corrected chi connectivity index (χ0v) is 77.5. The van der Waals surface area contributed by atoms with Crippen molar-refractivity contribution in [3.8, 4) is 34.5 Å². The minimum Gasteiger partial charge on any atom is -0.497 e. The molecular formula is C97H106F15N9O13S3. The minimum atomic E-state index is -4.69. The van der Waals surface area contributed by atoms with Crippen molar-refractivity contribution in [3.63, 3.8) is 0 Å². The molecular weight excluding hydrogens is 1880 g/mol. The van der Waals surface area contributed by atoms with Crippen LogP contribution in [-0.2, 0) is 16.0 Å². The van der Waals surface area contributed by atoms with Crippen LogP contribution >= 0.6 is 35.3 Å². The first-order valence-electron chi connectivity index (χ1n) is 46.1. The highest BCUT2D eigenvalue weighted by Gasteiger charge is 2.49. The Morgan fingerprint density at radius 1 is 0.365 bits per heavy atom. The molecule has 0 bridgehead atoms. The molecule has 3 aromatic heterocycles. The van der Waals surface area contributed by atoms with Gasteiger partial charge < -0.3 is 48.1 Å². The van der Waals surface area contributed by atoms with Crippen LogP contribution in [0.5, 0.6) is 34.5 Å². The lowest BCUT2D eigenvalue weighted by molar-refractivity contribution is -0.275. The molecule has 10 fully saturated rings. The van der Waals surface area contributed by atoms with E-state index >= 15 is 0 Å². The number of benzene rings is 6. The molecule has 137 heavy (non-hydrogen) atoms. The fourth-order valence-electron chi connectivity index (χ4n) is 22.9. The second-order valence-electron chi connectivity index (χ2n) is 37.3. The number of alkyl halides is 15. The number of aromatic amines is 2. The van der Waals surface area contributed by atoms with Crippen LogP contribution in [-0.4, -0.2) is 148 Å². The number of thioether (sulfide) groups is 3. The molecule has 22 nitrogen and oxygen atoms in total. The van der Waals surface area contributed by atoms with Crippen LogP contribution in [0.15, 0.2) is 161 Å². The summed E-state index contributed by atoms with van der Waals surface area (Å²) in [5, 5.41) is 50.4. The molecule has 0 radical (unpaired) electrons. The number of carbonyl (C=O) groups is 3. The molecule has 0 amide bonds. The molecule has 19 rings (SSSR count). The Bertz CT molecular complexity index is 5310. The zero-order valence-electron chi connectivity index (χ0n) is 75.1. The number of carboxylic acids is 1.